The number of nitrogens with zero attached hydrogens (tertiary/aromatic N) is 3. The van der Waals surface area contributed by atoms with Crippen molar-refractivity contribution >= 4 is 23.5 Å². The van der Waals surface area contributed by atoms with Gasteiger partial charge in [0, 0.05) is 18.2 Å². The lowest BCUT2D eigenvalue weighted by Gasteiger charge is -2.33. The highest BCUT2D eigenvalue weighted by molar-refractivity contribution is 6.19. The van der Waals surface area contributed by atoms with Crippen molar-refractivity contribution in [3.63, 3.8) is 0 Å². The standard InChI is InChI=1S/C25H26F2N4O2/c1-16-6-8-17(9-7-16)22(32)30-11-10-25(15-30)23(28-20-4-2-3-5-20)29-24(33)31(25)21-13-18(26)12-19(27)14-21/h6-9,12-14,20H,2-5,10-11,15H2,1H3,(H,28,29,33). The van der Waals surface area contributed by atoms with E-state index >= 15 is 0 Å². The Hall–Kier alpha value is -3.29. The van der Waals surface area contributed by atoms with Gasteiger partial charge in [-0.2, -0.15) is 0 Å². The zero-order valence-corrected chi connectivity index (χ0v) is 18.5. The van der Waals surface area contributed by atoms with Crippen LogP contribution in [-0.2, 0) is 0 Å². The minimum absolute atomic E-state index is 0.100. The summed E-state index contributed by atoms with van der Waals surface area (Å²) in [5.74, 6) is -1.18. The maximum absolute atomic E-state index is 14.1. The maximum Gasteiger partial charge on any atom is 0.328 e. The van der Waals surface area contributed by atoms with Gasteiger partial charge in [-0.05, 0) is 50.5 Å². The number of carbonyl (C=O) groups is 2. The van der Waals surface area contributed by atoms with Gasteiger partial charge in [0.2, 0.25) is 0 Å². The number of aliphatic imine (C=N–C) groups is 1. The van der Waals surface area contributed by atoms with Crippen molar-refractivity contribution in [1.82, 2.24) is 10.2 Å². The normalized spacial score (nSPS) is 24.3. The van der Waals surface area contributed by atoms with Crippen LogP contribution in [0.3, 0.4) is 0 Å². The van der Waals surface area contributed by atoms with E-state index in [4.69, 9.17) is 4.99 Å². The van der Waals surface area contributed by atoms with Gasteiger partial charge >= 0.3 is 6.03 Å². The van der Waals surface area contributed by atoms with E-state index in [0.717, 1.165) is 49.4 Å². The summed E-state index contributed by atoms with van der Waals surface area (Å²) in [6, 6.07) is 10.0. The van der Waals surface area contributed by atoms with Crippen LogP contribution in [0.25, 0.3) is 0 Å². The Balaban J connectivity index is 1.53. The van der Waals surface area contributed by atoms with Crippen molar-refractivity contribution in [3.05, 3.63) is 65.2 Å². The summed E-state index contributed by atoms with van der Waals surface area (Å²) in [5, 5.41) is 2.86. The molecule has 8 heteroatoms. The van der Waals surface area contributed by atoms with Gasteiger partial charge in [0.1, 0.15) is 23.0 Å². The molecule has 1 unspecified atom stereocenters. The molecule has 1 spiro atoms. The number of urea groups is 1. The van der Waals surface area contributed by atoms with Crippen LogP contribution >= 0.6 is 0 Å². The van der Waals surface area contributed by atoms with Gasteiger partial charge in [0.05, 0.1) is 18.3 Å². The molecule has 6 nitrogen and oxygen atoms in total. The lowest BCUT2D eigenvalue weighted by Crippen LogP contribution is -2.53. The molecule has 0 radical (unpaired) electrons. The number of nitrogens with one attached hydrogen (secondary N) is 1. The summed E-state index contributed by atoms with van der Waals surface area (Å²) in [6.45, 7) is 2.55. The molecule has 5 rings (SSSR count). The third-order valence-electron chi connectivity index (χ3n) is 6.87. The molecule has 2 aliphatic heterocycles. The second-order valence-corrected chi connectivity index (χ2v) is 9.18. The number of hydrogen-bond donors (Lipinski definition) is 1. The molecule has 1 atom stereocenters. The van der Waals surface area contributed by atoms with E-state index in [0.29, 0.717) is 24.4 Å². The number of halogens is 2. The van der Waals surface area contributed by atoms with E-state index < -0.39 is 23.2 Å². The average Bonchev–Trinajstić information content (AvgIpc) is 3.49. The Bertz CT molecular complexity index is 1110. The fourth-order valence-electron chi connectivity index (χ4n) is 5.20. The predicted octanol–water partition coefficient (Wildman–Crippen LogP) is 4.43. The highest BCUT2D eigenvalue weighted by Gasteiger charge is 2.56. The zero-order chi connectivity index (χ0) is 23.2. The summed E-state index contributed by atoms with van der Waals surface area (Å²) in [6.07, 6.45) is 4.47. The van der Waals surface area contributed by atoms with Gasteiger partial charge in [0.25, 0.3) is 5.91 Å². The van der Waals surface area contributed by atoms with Gasteiger partial charge in [-0.15, -0.1) is 0 Å². The summed E-state index contributed by atoms with van der Waals surface area (Å²) in [5.41, 5.74) is 0.749. The van der Waals surface area contributed by atoms with Gasteiger partial charge < -0.3 is 4.90 Å². The predicted molar refractivity (Wildman–Crippen MR) is 121 cm³/mol. The van der Waals surface area contributed by atoms with E-state index in [-0.39, 0.29) is 24.2 Å². The van der Waals surface area contributed by atoms with Gasteiger partial charge in [-0.3, -0.25) is 20.0 Å². The summed E-state index contributed by atoms with van der Waals surface area (Å²) in [4.78, 5) is 34.3. The number of benzene rings is 2. The minimum atomic E-state index is -0.986. The van der Waals surface area contributed by atoms with Crippen LogP contribution in [0.15, 0.2) is 47.5 Å². The first-order valence-electron chi connectivity index (χ1n) is 11.4. The molecule has 1 saturated carbocycles. The number of carbonyl (C=O) groups excluding carboxylic acids is 2. The first-order chi connectivity index (χ1) is 15.9. The third-order valence-corrected chi connectivity index (χ3v) is 6.87. The monoisotopic (exact) mass is 452 g/mol. The molecule has 172 valence electrons. The maximum atomic E-state index is 14.1. The molecule has 0 bridgehead atoms. The molecule has 3 fully saturated rings. The highest BCUT2D eigenvalue weighted by atomic mass is 19.1. The molecule has 1 N–H and O–H groups in total. The van der Waals surface area contributed by atoms with E-state index in [1.54, 1.807) is 17.0 Å². The number of rotatable bonds is 3. The number of aryl methyl sites for hydroxylation is 1. The van der Waals surface area contributed by atoms with Crippen LogP contribution in [0.1, 0.15) is 48.0 Å². The van der Waals surface area contributed by atoms with E-state index in [9.17, 15) is 18.4 Å². The van der Waals surface area contributed by atoms with Crippen molar-refractivity contribution in [1.29, 1.82) is 0 Å². The molecule has 2 aromatic carbocycles. The molecule has 2 aromatic rings. The molecular formula is C25H26F2N4O2. The van der Waals surface area contributed by atoms with Gasteiger partial charge in [-0.1, -0.05) is 30.5 Å². The SMILES string of the molecule is Cc1ccc(C(=O)N2CCC3(C2)C(=NC2CCCC2)NC(=O)N3c2cc(F)cc(F)c2)cc1. The number of likely N-dealkylation sites (tertiary alicyclic amines) is 1. The van der Waals surface area contributed by atoms with Gasteiger partial charge in [-0.25, -0.2) is 13.6 Å². The molecule has 0 aromatic heterocycles. The van der Waals surface area contributed by atoms with E-state index in [1.165, 1.54) is 4.90 Å². The number of hydrogen-bond acceptors (Lipinski definition) is 3. The Kier molecular flexibility index (Phi) is 5.38. The Morgan fingerprint density at radius 1 is 1.09 bits per heavy atom. The number of amidine groups is 1. The molecule has 1 aliphatic carbocycles. The molecule has 33 heavy (non-hydrogen) atoms. The Labute approximate surface area is 191 Å². The van der Waals surface area contributed by atoms with Crippen LogP contribution in [0.5, 0.6) is 0 Å². The summed E-state index contributed by atoms with van der Waals surface area (Å²) >= 11 is 0. The highest BCUT2D eigenvalue weighted by Crippen LogP contribution is 2.39. The van der Waals surface area contributed by atoms with Crippen LogP contribution in [-0.4, -0.2) is 47.3 Å². The van der Waals surface area contributed by atoms with Crippen LogP contribution < -0.4 is 10.2 Å². The second kappa shape index (κ2) is 8.24. The summed E-state index contributed by atoms with van der Waals surface area (Å²) in [7, 11) is 0. The van der Waals surface area contributed by atoms with Crippen molar-refractivity contribution in [3.8, 4) is 0 Å². The van der Waals surface area contributed by atoms with Crippen LogP contribution in [0.2, 0.25) is 0 Å². The second-order valence-electron chi connectivity index (χ2n) is 9.18. The van der Waals surface area contributed by atoms with Crippen molar-refractivity contribution in [2.45, 2.75) is 50.6 Å². The Morgan fingerprint density at radius 3 is 2.42 bits per heavy atom. The smallest absolute Gasteiger partial charge is 0.328 e. The van der Waals surface area contributed by atoms with Crippen molar-refractivity contribution in [2.24, 2.45) is 4.99 Å². The lowest BCUT2D eigenvalue weighted by molar-refractivity contribution is 0.0788. The van der Waals surface area contributed by atoms with Crippen LogP contribution in [0, 0.1) is 18.6 Å². The van der Waals surface area contributed by atoms with E-state index in [1.807, 2.05) is 19.1 Å². The first kappa shape index (κ1) is 21.6. The molecule has 2 saturated heterocycles. The van der Waals surface area contributed by atoms with Crippen LogP contribution in [0.4, 0.5) is 19.3 Å². The largest absolute Gasteiger partial charge is 0.336 e. The fourth-order valence-corrected chi connectivity index (χ4v) is 5.20. The van der Waals surface area contributed by atoms with Gasteiger partial charge in [0.15, 0.2) is 0 Å². The molecule has 3 amide bonds. The minimum Gasteiger partial charge on any atom is -0.336 e. The number of anilines is 1. The summed E-state index contributed by atoms with van der Waals surface area (Å²) < 4.78 is 28.1. The average molecular weight is 453 g/mol. The van der Waals surface area contributed by atoms with E-state index in [2.05, 4.69) is 5.32 Å². The molecule has 2 heterocycles. The molecular weight excluding hydrogens is 426 g/mol. The lowest BCUT2D eigenvalue weighted by atomic mass is 9.95. The molecule has 3 aliphatic rings. The van der Waals surface area contributed by atoms with Crippen molar-refractivity contribution in [2.75, 3.05) is 18.0 Å². The topological polar surface area (TPSA) is 65.0 Å². The fraction of sp³-hybridized carbons (Fsp3) is 0.400. The Morgan fingerprint density at radius 2 is 1.76 bits per heavy atom. The number of amides is 3. The third kappa shape index (κ3) is 3.87. The zero-order valence-electron chi connectivity index (χ0n) is 18.5. The first-order valence-corrected chi connectivity index (χ1v) is 11.4. The quantitative estimate of drug-likeness (QED) is 0.749. The van der Waals surface area contributed by atoms with Crippen molar-refractivity contribution < 1.29 is 18.4 Å².